The third kappa shape index (κ3) is 5.65. The van der Waals surface area contributed by atoms with Crippen molar-refractivity contribution in [2.75, 3.05) is 18.4 Å². The molecule has 1 aliphatic heterocycles. The molecule has 2 heterocycles. The van der Waals surface area contributed by atoms with Crippen molar-refractivity contribution in [3.63, 3.8) is 0 Å². The smallest absolute Gasteiger partial charge is 0.221 e. The van der Waals surface area contributed by atoms with E-state index in [4.69, 9.17) is 5.26 Å². The van der Waals surface area contributed by atoms with Crippen LogP contribution in [0.15, 0.2) is 35.2 Å². The molecule has 1 amide bonds. The lowest BCUT2D eigenvalue weighted by molar-refractivity contribution is -0.119. The highest BCUT2D eigenvalue weighted by atomic mass is 32.1. The number of amides is 1. The number of nitriles is 1. The van der Waals surface area contributed by atoms with Crippen molar-refractivity contribution in [1.82, 2.24) is 15.6 Å². The molecule has 0 bridgehead atoms. The van der Waals surface area contributed by atoms with Crippen molar-refractivity contribution in [3.8, 4) is 6.07 Å². The predicted octanol–water partition coefficient (Wildman–Crippen LogP) is 1.39. The minimum atomic E-state index is 0.0924. The summed E-state index contributed by atoms with van der Waals surface area (Å²) in [6.07, 6.45) is 5.57. The van der Waals surface area contributed by atoms with Gasteiger partial charge in [0, 0.05) is 31.8 Å². The zero-order valence-electron chi connectivity index (χ0n) is 12.8. The zero-order valence-corrected chi connectivity index (χ0v) is 13.6. The van der Waals surface area contributed by atoms with Gasteiger partial charge in [-0.05, 0) is 13.0 Å². The van der Waals surface area contributed by atoms with Gasteiger partial charge >= 0.3 is 0 Å². The number of rotatable bonds is 7. The number of aromatic nitrogens is 1. The van der Waals surface area contributed by atoms with Crippen LogP contribution in [-0.2, 0) is 4.79 Å². The first-order chi connectivity index (χ1) is 11.1. The molecule has 8 heteroatoms. The molecule has 0 radical (unpaired) electrons. The minimum Gasteiger partial charge on any atom is -0.354 e. The van der Waals surface area contributed by atoms with Gasteiger partial charge in [0.1, 0.15) is 16.8 Å². The van der Waals surface area contributed by atoms with Crippen molar-refractivity contribution >= 4 is 28.6 Å². The number of hydrogen-bond donors (Lipinski definition) is 3. The number of thiazole rings is 1. The molecule has 120 valence electrons. The van der Waals surface area contributed by atoms with Crippen LogP contribution in [0.4, 0.5) is 5.13 Å². The molecule has 0 unspecified atom stereocenters. The number of carbonyl (C=O) groups excluding carboxylic acids is 1. The third-order valence-corrected chi connectivity index (χ3v) is 3.92. The topological polar surface area (TPSA) is 102 Å². The highest BCUT2D eigenvalue weighted by molar-refractivity contribution is 7.16. The highest BCUT2D eigenvalue weighted by Crippen LogP contribution is 2.18. The zero-order chi connectivity index (χ0) is 16.7. The Labute approximate surface area is 138 Å². The van der Waals surface area contributed by atoms with Crippen LogP contribution in [0, 0.1) is 11.3 Å². The van der Waals surface area contributed by atoms with Gasteiger partial charge in [0.05, 0.1) is 6.20 Å². The molecule has 1 aromatic rings. The molecule has 1 atom stereocenters. The van der Waals surface area contributed by atoms with Crippen LogP contribution in [0.5, 0.6) is 0 Å². The summed E-state index contributed by atoms with van der Waals surface area (Å²) in [6.45, 7) is 7.15. The van der Waals surface area contributed by atoms with Crippen LogP contribution in [0.2, 0.25) is 0 Å². The lowest BCUT2D eigenvalue weighted by Gasteiger charge is -2.09. The van der Waals surface area contributed by atoms with E-state index >= 15 is 0 Å². The molecule has 1 aromatic heterocycles. The molecular formula is C15H18N6OS. The second-order valence-corrected chi connectivity index (χ2v) is 6.12. The van der Waals surface area contributed by atoms with E-state index in [0.717, 1.165) is 5.57 Å². The van der Waals surface area contributed by atoms with Crippen molar-refractivity contribution < 1.29 is 4.79 Å². The Bertz CT molecular complexity index is 684. The van der Waals surface area contributed by atoms with Gasteiger partial charge in [0.25, 0.3) is 0 Å². The Morgan fingerprint density at radius 3 is 3.22 bits per heavy atom. The second-order valence-electron chi connectivity index (χ2n) is 5.09. The molecule has 0 aromatic carbocycles. The van der Waals surface area contributed by atoms with Gasteiger partial charge in [-0.1, -0.05) is 23.5 Å². The SMILES string of the molecule is C=C(N=CC=C(C)CN[C@@H]1CNC(=O)C1)Nc1ncc(C#N)s1. The molecule has 1 aliphatic rings. The fourth-order valence-electron chi connectivity index (χ4n) is 1.91. The van der Waals surface area contributed by atoms with Gasteiger partial charge in [-0.2, -0.15) is 5.26 Å². The summed E-state index contributed by atoms with van der Waals surface area (Å²) in [4.78, 5) is 19.8. The average molecular weight is 330 g/mol. The van der Waals surface area contributed by atoms with E-state index in [1.165, 1.54) is 17.5 Å². The number of nitrogens with one attached hydrogen (secondary N) is 3. The fourth-order valence-corrected chi connectivity index (χ4v) is 2.54. The maximum absolute atomic E-state index is 11.1. The lowest BCUT2D eigenvalue weighted by atomic mass is 10.2. The Balaban J connectivity index is 1.74. The second kappa shape index (κ2) is 8.22. The summed E-state index contributed by atoms with van der Waals surface area (Å²) in [5, 5.41) is 18.3. The fraction of sp³-hybridized carbons (Fsp3) is 0.333. The summed E-state index contributed by atoms with van der Waals surface area (Å²) >= 11 is 1.25. The van der Waals surface area contributed by atoms with Gasteiger partial charge in [-0.15, -0.1) is 0 Å². The van der Waals surface area contributed by atoms with Gasteiger partial charge in [-0.25, -0.2) is 9.98 Å². The van der Waals surface area contributed by atoms with Crippen molar-refractivity contribution in [3.05, 3.63) is 35.1 Å². The summed E-state index contributed by atoms with van der Waals surface area (Å²) < 4.78 is 0. The van der Waals surface area contributed by atoms with E-state index < -0.39 is 0 Å². The van der Waals surface area contributed by atoms with Crippen LogP contribution in [-0.4, -0.2) is 36.2 Å². The van der Waals surface area contributed by atoms with Crippen LogP contribution >= 0.6 is 11.3 Å². The first-order valence-electron chi connectivity index (χ1n) is 7.08. The maximum Gasteiger partial charge on any atom is 0.221 e. The summed E-state index contributed by atoms with van der Waals surface area (Å²) in [7, 11) is 0. The molecule has 1 saturated heterocycles. The predicted molar refractivity (Wildman–Crippen MR) is 91.3 cm³/mol. The number of aliphatic imine (C=N–C) groups is 1. The Kier molecular flexibility index (Phi) is 6.02. The van der Waals surface area contributed by atoms with Gasteiger partial charge in [0.2, 0.25) is 5.91 Å². The number of carbonyl (C=O) groups is 1. The Hall–Kier alpha value is -2.50. The number of anilines is 1. The van der Waals surface area contributed by atoms with E-state index in [0.29, 0.717) is 35.3 Å². The molecule has 1 fully saturated rings. The van der Waals surface area contributed by atoms with Crippen molar-refractivity contribution in [2.45, 2.75) is 19.4 Å². The van der Waals surface area contributed by atoms with Crippen LogP contribution in [0.1, 0.15) is 18.2 Å². The minimum absolute atomic E-state index is 0.0924. The van der Waals surface area contributed by atoms with Gasteiger partial charge in [-0.3, -0.25) is 4.79 Å². The van der Waals surface area contributed by atoms with Crippen LogP contribution in [0.3, 0.4) is 0 Å². The normalized spacial score (nSPS) is 18.0. The van der Waals surface area contributed by atoms with E-state index in [1.807, 2.05) is 19.1 Å². The molecule has 3 N–H and O–H groups in total. The molecule has 23 heavy (non-hydrogen) atoms. The summed E-state index contributed by atoms with van der Waals surface area (Å²) in [5.74, 6) is 0.543. The van der Waals surface area contributed by atoms with Gasteiger partial charge in [0.15, 0.2) is 5.13 Å². The monoisotopic (exact) mass is 330 g/mol. The van der Waals surface area contributed by atoms with E-state index in [1.54, 1.807) is 6.21 Å². The average Bonchev–Trinajstić information content (AvgIpc) is 3.14. The van der Waals surface area contributed by atoms with E-state index in [9.17, 15) is 4.79 Å². The largest absolute Gasteiger partial charge is 0.354 e. The summed E-state index contributed by atoms with van der Waals surface area (Å²) in [5.41, 5.74) is 1.10. The number of hydrogen-bond acceptors (Lipinski definition) is 7. The van der Waals surface area contributed by atoms with Crippen LogP contribution in [0.25, 0.3) is 0 Å². The standard InChI is InChI=1S/C15H18N6OS/c1-10(7-18-12-5-14(22)19-8-12)3-4-17-11(2)21-15-20-9-13(6-16)23-15/h3-4,9,12,18H,2,5,7-8H2,1H3,(H,19,22)(H,20,21)/t12-/m0/s1. The molecule has 2 rings (SSSR count). The summed E-state index contributed by atoms with van der Waals surface area (Å²) in [6, 6.07) is 2.22. The van der Waals surface area contributed by atoms with Gasteiger partial charge < -0.3 is 16.0 Å². The first-order valence-corrected chi connectivity index (χ1v) is 7.90. The molecule has 7 nitrogen and oxygen atoms in total. The van der Waals surface area contributed by atoms with Crippen molar-refractivity contribution in [2.24, 2.45) is 4.99 Å². The van der Waals surface area contributed by atoms with E-state index in [2.05, 4.69) is 32.5 Å². The highest BCUT2D eigenvalue weighted by Gasteiger charge is 2.20. The Morgan fingerprint density at radius 2 is 2.57 bits per heavy atom. The first kappa shape index (κ1) is 16.9. The number of nitrogens with zero attached hydrogens (tertiary/aromatic N) is 3. The molecule has 0 aliphatic carbocycles. The Morgan fingerprint density at radius 1 is 1.74 bits per heavy atom. The van der Waals surface area contributed by atoms with E-state index in [-0.39, 0.29) is 11.9 Å². The molecule has 0 spiro atoms. The quantitative estimate of drug-likeness (QED) is 0.656. The van der Waals surface area contributed by atoms with Crippen LogP contribution < -0.4 is 16.0 Å². The molecule has 0 saturated carbocycles. The third-order valence-electron chi connectivity index (χ3n) is 3.10. The van der Waals surface area contributed by atoms with Crippen molar-refractivity contribution in [1.29, 1.82) is 5.26 Å². The number of allylic oxidation sites excluding steroid dienone is 1. The lowest BCUT2D eigenvalue weighted by Crippen LogP contribution is -2.32. The molecular weight excluding hydrogens is 312 g/mol. The maximum atomic E-state index is 11.1.